The average Bonchev–Trinajstić information content (AvgIpc) is 2.67. The number of hydrogen-bond donors (Lipinski definition) is 1. The van der Waals surface area contributed by atoms with Crippen LogP contribution in [0.15, 0.2) is 42.5 Å². The Kier molecular flexibility index (Phi) is 7.28. The lowest BCUT2D eigenvalue weighted by atomic mass is 10.1. The lowest BCUT2D eigenvalue weighted by Gasteiger charge is -2.16. The third-order valence-corrected chi connectivity index (χ3v) is 5.55. The third kappa shape index (κ3) is 5.88. The number of amides is 1. The zero-order chi connectivity index (χ0) is 20.7. The third-order valence-electron chi connectivity index (χ3n) is 4.35. The van der Waals surface area contributed by atoms with E-state index in [-0.39, 0.29) is 12.3 Å². The molecular weight excluding hydrogens is 380 g/mol. The molecule has 2 aromatic carbocycles. The molecule has 1 N–H and O–H groups in total. The van der Waals surface area contributed by atoms with Crippen molar-refractivity contribution in [1.82, 2.24) is 5.32 Å². The van der Waals surface area contributed by atoms with Crippen LogP contribution in [0.3, 0.4) is 0 Å². The van der Waals surface area contributed by atoms with Gasteiger partial charge in [0, 0.05) is 13.6 Å². The highest BCUT2D eigenvalue weighted by atomic mass is 32.2. The van der Waals surface area contributed by atoms with Gasteiger partial charge in [-0.05, 0) is 41.8 Å². The summed E-state index contributed by atoms with van der Waals surface area (Å²) in [6.45, 7) is 0.503. The number of hydrogen-bond acceptors (Lipinski definition) is 5. The van der Waals surface area contributed by atoms with E-state index in [1.54, 1.807) is 38.5 Å². The lowest BCUT2D eigenvalue weighted by Crippen LogP contribution is -2.27. The molecule has 0 atom stereocenters. The second kappa shape index (κ2) is 9.45. The highest BCUT2D eigenvalue weighted by molar-refractivity contribution is 7.92. The van der Waals surface area contributed by atoms with Crippen molar-refractivity contribution in [2.75, 3.05) is 38.4 Å². The minimum Gasteiger partial charge on any atom is -0.493 e. The van der Waals surface area contributed by atoms with Gasteiger partial charge in [-0.15, -0.1) is 0 Å². The van der Waals surface area contributed by atoms with Crippen molar-refractivity contribution >= 4 is 21.6 Å². The van der Waals surface area contributed by atoms with Gasteiger partial charge < -0.3 is 14.8 Å². The van der Waals surface area contributed by atoms with Crippen LogP contribution in [0.5, 0.6) is 11.5 Å². The summed E-state index contributed by atoms with van der Waals surface area (Å²) in [4.78, 5) is 12.1. The molecule has 0 saturated carbocycles. The molecule has 7 nitrogen and oxygen atoms in total. The first-order valence-corrected chi connectivity index (χ1v) is 10.6. The SMILES string of the molecule is COc1ccc(CCNC(=O)Cc2ccc(N(C)S(C)(=O)=O)cc2)cc1OC. The molecule has 0 saturated heterocycles. The molecule has 2 aromatic rings. The number of anilines is 1. The fraction of sp³-hybridized carbons (Fsp3) is 0.350. The monoisotopic (exact) mass is 406 g/mol. The molecule has 0 spiro atoms. The number of sulfonamides is 1. The Morgan fingerprint density at radius 3 is 2.18 bits per heavy atom. The maximum absolute atomic E-state index is 12.1. The fourth-order valence-electron chi connectivity index (χ4n) is 2.65. The molecule has 0 bridgehead atoms. The number of rotatable bonds is 9. The summed E-state index contributed by atoms with van der Waals surface area (Å²) in [5.74, 6) is 1.23. The number of nitrogens with one attached hydrogen (secondary N) is 1. The first-order valence-electron chi connectivity index (χ1n) is 8.75. The average molecular weight is 407 g/mol. The van der Waals surface area contributed by atoms with Crippen molar-refractivity contribution < 1.29 is 22.7 Å². The summed E-state index contributed by atoms with van der Waals surface area (Å²) in [7, 11) is 1.36. The van der Waals surface area contributed by atoms with Gasteiger partial charge in [-0.25, -0.2) is 8.42 Å². The topological polar surface area (TPSA) is 84.9 Å². The molecule has 0 aromatic heterocycles. The lowest BCUT2D eigenvalue weighted by molar-refractivity contribution is -0.120. The van der Waals surface area contributed by atoms with E-state index in [1.165, 1.54) is 11.4 Å². The minimum absolute atomic E-state index is 0.0929. The van der Waals surface area contributed by atoms with E-state index in [4.69, 9.17) is 9.47 Å². The predicted octanol–water partition coefficient (Wildman–Crippen LogP) is 2.00. The molecule has 8 heteroatoms. The van der Waals surface area contributed by atoms with Crippen LogP contribution in [-0.2, 0) is 27.7 Å². The highest BCUT2D eigenvalue weighted by Gasteiger charge is 2.12. The van der Waals surface area contributed by atoms with Gasteiger partial charge in [0.2, 0.25) is 15.9 Å². The molecule has 0 aliphatic rings. The molecular formula is C20H26N2O5S. The van der Waals surface area contributed by atoms with Gasteiger partial charge in [-0.1, -0.05) is 18.2 Å². The molecule has 0 aliphatic carbocycles. The van der Waals surface area contributed by atoms with Gasteiger partial charge in [0.1, 0.15) is 0 Å². The van der Waals surface area contributed by atoms with Gasteiger partial charge in [0.05, 0.1) is 32.6 Å². The Bertz CT molecular complexity index is 911. The van der Waals surface area contributed by atoms with Gasteiger partial charge in [0.15, 0.2) is 11.5 Å². The second-order valence-electron chi connectivity index (χ2n) is 6.36. The molecule has 0 fully saturated rings. The molecule has 152 valence electrons. The molecule has 0 unspecified atom stereocenters. The summed E-state index contributed by atoms with van der Waals surface area (Å²) in [5.41, 5.74) is 2.40. The zero-order valence-electron chi connectivity index (χ0n) is 16.6. The molecule has 0 radical (unpaired) electrons. The maximum atomic E-state index is 12.1. The zero-order valence-corrected chi connectivity index (χ0v) is 17.4. The smallest absolute Gasteiger partial charge is 0.231 e. The number of methoxy groups -OCH3 is 2. The summed E-state index contributed by atoms with van der Waals surface area (Å²) in [5, 5.41) is 2.89. The first-order chi connectivity index (χ1) is 13.2. The maximum Gasteiger partial charge on any atom is 0.231 e. The Labute approximate surface area is 166 Å². The van der Waals surface area contributed by atoms with E-state index in [1.807, 2.05) is 18.2 Å². The minimum atomic E-state index is -3.30. The number of benzene rings is 2. The Morgan fingerprint density at radius 1 is 1.00 bits per heavy atom. The van der Waals surface area contributed by atoms with Gasteiger partial charge in [-0.3, -0.25) is 9.10 Å². The van der Waals surface area contributed by atoms with Crippen molar-refractivity contribution in [1.29, 1.82) is 0 Å². The van der Waals surface area contributed by atoms with Gasteiger partial charge >= 0.3 is 0 Å². The van der Waals surface area contributed by atoms with E-state index in [0.717, 1.165) is 17.4 Å². The van der Waals surface area contributed by atoms with Crippen LogP contribution < -0.4 is 19.1 Å². The Hall–Kier alpha value is -2.74. The van der Waals surface area contributed by atoms with Crippen molar-refractivity contribution in [3.05, 3.63) is 53.6 Å². The van der Waals surface area contributed by atoms with Gasteiger partial charge in [-0.2, -0.15) is 0 Å². The van der Waals surface area contributed by atoms with Crippen LogP contribution in [-0.4, -0.2) is 48.4 Å². The van der Waals surface area contributed by atoms with Crippen LogP contribution >= 0.6 is 0 Å². The van der Waals surface area contributed by atoms with E-state index >= 15 is 0 Å². The molecule has 2 rings (SSSR count). The van der Waals surface area contributed by atoms with E-state index < -0.39 is 10.0 Å². The van der Waals surface area contributed by atoms with Crippen LogP contribution in [0.1, 0.15) is 11.1 Å². The normalized spacial score (nSPS) is 11.0. The largest absolute Gasteiger partial charge is 0.493 e. The summed E-state index contributed by atoms with van der Waals surface area (Å²) in [6.07, 6.45) is 2.05. The van der Waals surface area contributed by atoms with E-state index in [9.17, 15) is 13.2 Å². The summed E-state index contributed by atoms with van der Waals surface area (Å²) >= 11 is 0. The van der Waals surface area contributed by atoms with Crippen LogP contribution in [0.4, 0.5) is 5.69 Å². The van der Waals surface area contributed by atoms with Crippen molar-refractivity contribution in [2.24, 2.45) is 0 Å². The predicted molar refractivity (Wildman–Crippen MR) is 110 cm³/mol. The van der Waals surface area contributed by atoms with E-state index in [2.05, 4.69) is 5.32 Å². The Balaban J connectivity index is 1.86. The van der Waals surface area contributed by atoms with Gasteiger partial charge in [0.25, 0.3) is 0 Å². The van der Waals surface area contributed by atoms with Crippen molar-refractivity contribution in [3.8, 4) is 11.5 Å². The molecule has 1 amide bonds. The molecule has 0 heterocycles. The molecule has 0 aliphatic heterocycles. The van der Waals surface area contributed by atoms with Crippen molar-refractivity contribution in [3.63, 3.8) is 0 Å². The Morgan fingerprint density at radius 2 is 1.61 bits per heavy atom. The number of nitrogens with zero attached hydrogens (tertiary/aromatic N) is 1. The fourth-order valence-corrected chi connectivity index (χ4v) is 3.15. The van der Waals surface area contributed by atoms with E-state index in [0.29, 0.717) is 30.2 Å². The van der Waals surface area contributed by atoms with Crippen molar-refractivity contribution in [2.45, 2.75) is 12.8 Å². The standard InChI is InChI=1S/C20H26N2O5S/c1-22(28(4,24)25)17-8-5-15(6-9-17)14-20(23)21-12-11-16-7-10-18(26-2)19(13-16)27-3/h5-10,13H,11-12,14H2,1-4H3,(H,21,23). The number of carbonyl (C=O) groups excluding carboxylic acids is 1. The van der Waals surface area contributed by atoms with Crippen LogP contribution in [0, 0.1) is 0 Å². The van der Waals surface area contributed by atoms with Crippen LogP contribution in [0.2, 0.25) is 0 Å². The summed E-state index contributed by atoms with van der Waals surface area (Å²) in [6, 6.07) is 12.5. The van der Waals surface area contributed by atoms with Crippen LogP contribution in [0.25, 0.3) is 0 Å². The first kappa shape index (κ1) is 21.6. The highest BCUT2D eigenvalue weighted by Crippen LogP contribution is 2.27. The molecule has 28 heavy (non-hydrogen) atoms. The second-order valence-corrected chi connectivity index (χ2v) is 8.38. The summed E-state index contributed by atoms with van der Waals surface area (Å²) < 4.78 is 34.8. The number of ether oxygens (including phenoxy) is 2. The number of carbonyl (C=O) groups is 1. The quantitative estimate of drug-likeness (QED) is 0.689.